The van der Waals surface area contributed by atoms with Crippen molar-refractivity contribution in [3.05, 3.63) is 35.9 Å². The highest BCUT2D eigenvalue weighted by atomic mass is 16.2. The summed E-state index contributed by atoms with van der Waals surface area (Å²) >= 11 is 0. The lowest BCUT2D eigenvalue weighted by molar-refractivity contribution is -0.132. The molecule has 1 aromatic carbocycles. The van der Waals surface area contributed by atoms with Gasteiger partial charge < -0.3 is 5.32 Å². The number of carbonyl (C=O) groups is 2. The van der Waals surface area contributed by atoms with E-state index in [1.165, 1.54) is 0 Å². The Hall–Kier alpha value is -2.25. The fraction of sp³-hybridized carbons (Fsp3) is 0.591. The minimum Gasteiger partial charge on any atom is -0.350 e. The maximum Gasteiger partial charge on any atom is 0.256 e. The number of nitrogens with zero attached hydrogens (tertiary/aromatic N) is 4. The minimum absolute atomic E-state index is 0.0508. The molecule has 0 aliphatic carbocycles. The second-order valence-electron chi connectivity index (χ2n) is 8.88. The van der Waals surface area contributed by atoms with E-state index < -0.39 is 0 Å². The number of carbonyl (C=O) groups excluding carboxylic acids is 2. The van der Waals surface area contributed by atoms with Crippen molar-refractivity contribution >= 4 is 17.5 Å². The van der Waals surface area contributed by atoms with Crippen molar-refractivity contribution in [3.63, 3.8) is 0 Å². The van der Waals surface area contributed by atoms with Gasteiger partial charge in [0.05, 0.1) is 25.3 Å². The third kappa shape index (κ3) is 6.65. The van der Waals surface area contributed by atoms with E-state index in [2.05, 4.69) is 20.2 Å². The first-order chi connectivity index (χ1) is 13.8. The van der Waals surface area contributed by atoms with E-state index in [1.807, 2.05) is 51.1 Å². The van der Waals surface area contributed by atoms with Crippen LogP contribution in [0.25, 0.3) is 0 Å². The molecule has 0 bridgehead atoms. The SMILES string of the molecule is CC(C)(C)NC(=O)CN1CCCN(CC(=O)N2CCC(c3ccccc3)=N2)CC1. The Morgan fingerprint density at radius 3 is 2.28 bits per heavy atom. The summed E-state index contributed by atoms with van der Waals surface area (Å²) in [4.78, 5) is 29.3. The third-order valence-corrected chi connectivity index (χ3v) is 5.12. The summed E-state index contributed by atoms with van der Waals surface area (Å²) in [5.41, 5.74) is 1.85. The van der Waals surface area contributed by atoms with Crippen LogP contribution in [-0.4, -0.2) is 83.7 Å². The molecule has 29 heavy (non-hydrogen) atoms. The summed E-state index contributed by atoms with van der Waals surface area (Å²) in [6, 6.07) is 10.0. The molecule has 0 spiro atoms. The second kappa shape index (κ2) is 9.50. The van der Waals surface area contributed by atoms with E-state index in [1.54, 1.807) is 5.01 Å². The quantitative estimate of drug-likeness (QED) is 0.816. The van der Waals surface area contributed by atoms with Gasteiger partial charge in [0.15, 0.2) is 0 Å². The molecule has 7 heteroatoms. The highest BCUT2D eigenvalue weighted by molar-refractivity contribution is 6.02. The van der Waals surface area contributed by atoms with Crippen molar-refractivity contribution in [3.8, 4) is 0 Å². The fourth-order valence-electron chi connectivity index (χ4n) is 3.74. The molecule has 0 atom stereocenters. The summed E-state index contributed by atoms with van der Waals surface area (Å²) in [7, 11) is 0. The molecule has 7 nitrogen and oxygen atoms in total. The highest BCUT2D eigenvalue weighted by Gasteiger charge is 2.25. The fourth-order valence-corrected chi connectivity index (χ4v) is 3.74. The molecule has 1 aromatic rings. The van der Waals surface area contributed by atoms with Gasteiger partial charge in [-0.15, -0.1) is 0 Å². The Balaban J connectivity index is 1.47. The number of nitrogens with one attached hydrogen (secondary N) is 1. The van der Waals surface area contributed by atoms with Crippen molar-refractivity contribution in [1.82, 2.24) is 20.1 Å². The number of rotatable bonds is 5. The van der Waals surface area contributed by atoms with Gasteiger partial charge in [-0.2, -0.15) is 5.10 Å². The van der Waals surface area contributed by atoms with E-state index in [0.717, 1.165) is 50.3 Å². The third-order valence-electron chi connectivity index (χ3n) is 5.12. The van der Waals surface area contributed by atoms with Crippen molar-refractivity contribution in [2.75, 3.05) is 45.8 Å². The molecule has 158 valence electrons. The standard InChI is InChI=1S/C22H33N5O2/c1-22(2,3)23-20(28)16-25-11-7-12-26(15-14-25)17-21(29)27-13-10-19(24-27)18-8-5-4-6-9-18/h4-6,8-9H,7,10-17H2,1-3H3,(H,23,28). The number of amides is 2. The van der Waals surface area contributed by atoms with Crippen molar-refractivity contribution < 1.29 is 9.59 Å². The van der Waals surface area contributed by atoms with Crippen molar-refractivity contribution in [2.24, 2.45) is 5.10 Å². The predicted molar refractivity (Wildman–Crippen MR) is 115 cm³/mol. The summed E-state index contributed by atoms with van der Waals surface area (Å²) in [5, 5.41) is 9.17. The first-order valence-corrected chi connectivity index (χ1v) is 10.5. The van der Waals surface area contributed by atoms with Crippen molar-refractivity contribution in [1.29, 1.82) is 0 Å². The molecule has 2 aliphatic heterocycles. The molecule has 0 aromatic heterocycles. The zero-order chi connectivity index (χ0) is 20.9. The molecule has 0 saturated carbocycles. The predicted octanol–water partition coefficient (Wildman–Crippen LogP) is 1.55. The number of hydrogen-bond acceptors (Lipinski definition) is 5. The van der Waals surface area contributed by atoms with Crippen LogP contribution >= 0.6 is 0 Å². The van der Waals surface area contributed by atoms with Crippen LogP contribution < -0.4 is 5.32 Å². The maximum absolute atomic E-state index is 12.7. The molecule has 0 radical (unpaired) electrons. The summed E-state index contributed by atoms with van der Waals surface area (Å²) < 4.78 is 0. The molecule has 2 heterocycles. The summed E-state index contributed by atoms with van der Waals surface area (Å²) in [6.45, 7) is 10.7. The lowest BCUT2D eigenvalue weighted by Crippen LogP contribution is -2.46. The smallest absolute Gasteiger partial charge is 0.256 e. The Labute approximate surface area is 173 Å². The number of hydrogen-bond donors (Lipinski definition) is 1. The van der Waals surface area contributed by atoms with E-state index >= 15 is 0 Å². The van der Waals surface area contributed by atoms with Gasteiger partial charge in [0, 0.05) is 25.0 Å². The number of hydrazone groups is 1. The lowest BCUT2D eigenvalue weighted by Gasteiger charge is -2.25. The molecule has 1 saturated heterocycles. The van der Waals surface area contributed by atoms with Gasteiger partial charge >= 0.3 is 0 Å². The van der Waals surface area contributed by atoms with Crippen LogP contribution in [0, 0.1) is 0 Å². The lowest BCUT2D eigenvalue weighted by atomic mass is 10.1. The highest BCUT2D eigenvalue weighted by Crippen LogP contribution is 2.14. The normalized spacial score (nSPS) is 19.0. The van der Waals surface area contributed by atoms with Gasteiger partial charge in [-0.05, 0) is 45.8 Å². The van der Waals surface area contributed by atoms with Gasteiger partial charge in [0.2, 0.25) is 5.91 Å². The van der Waals surface area contributed by atoms with Crippen LogP contribution in [0.4, 0.5) is 0 Å². The second-order valence-corrected chi connectivity index (χ2v) is 8.88. The zero-order valence-electron chi connectivity index (χ0n) is 17.9. The van der Waals surface area contributed by atoms with E-state index in [4.69, 9.17) is 0 Å². The molecule has 1 fully saturated rings. The Morgan fingerprint density at radius 2 is 1.62 bits per heavy atom. The van der Waals surface area contributed by atoms with Crippen LogP contribution in [0.15, 0.2) is 35.4 Å². The van der Waals surface area contributed by atoms with Crippen molar-refractivity contribution in [2.45, 2.75) is 39.2 Å². The summed E-state index contributed by atoms with van der Waals surface area (Å²) in [6.07, 6.45) is 1.75. The van der Waals surface area contributed by atoms with Gasteiger partial charge in [-0.25, -0.2) is 5.01 Å². The largest absolute Gasteiger partial charge is 0.350 e. The first kappa shape index (κ1) is 21.5. The molecule has 2 aliphatic rings. The van der Waals surface area contributed by atoms with E-state index in [-0.39, 0.29) is 17.4 Å². The Kier molecular flexibility index (Phi) is 7.03. The molecule has 0 unspecified atom stereocenters. The van der Waals surface area contributed by atoms with Crippen LogP contribution in [0.1, 0.15) is 39.2 Å². The summed E-state index contributed by atoms with van der Waals surface area (Å²) in [5.74, 6) is 0.108. The first-order valence-electron chi connectivity index (χ1n) is 10.5. The van der Waals surface area contributed by atoms with E-state index in [9.17, 15) is 9.59 Å². The van der Waals surface area contributed by atoms with Gasteiger partial charge in [0.1, 0.15) is 0 Å². The van der Waals surface area contributed by atoms with Gasteiger partial charge in [0.25, 0.3) is 5.91 Å². The maximum atomic E-state index is 12.7. The monoisotopic (exact) mass is 399 g/mol. The average molecular weight is 400 g/mol. The average Bonchev–Trinajstić information content (AvgIpc) is 3.05. The topological polar surface area (TPSA) is 68.2 Å². The Bertz CT molecular complexity index is 741. The van der Waals surface area contributed by atoms with E-state index in [0.29, 0.717) is 19.6 Å². The molecule has 2 amide bonds. The molecule has 3 rings (SSSR count). The molecular formula is C22H33N5O2. The molecule has 1 N–H and O–H groups in total. The molecular weight excluding hydrogens is 366 g/mol. The van der Waals surface area contributed by atoms with Gasteiger partial charge in [-0.3, -0.25) is 19.4 Å². The Morgan fingerprint density at radius 1 is 0.966 bits per heavy atom. The zero-order valence-corrected chi connectivity index (χ0v) is 17.9. The van der Waals surface area contributed by atoms with Gasteiger partial charge in [-0.1, -0.05) is 30.3 Å². The number of benzene rings is 1. The van der Waals surface area contributed by atoms with Crippen LogP contribution in [-0.2, 0) is 9.59 Å². The van der Waals surface area contributed by atoms with Crippen LogP contribution in [0.3, 0.4) is 0 Å². The van der Waals surface area contributed by atoms with Crippen LogP contribution in [0.2, 0.25) is 0 Å². The van der Waals surface area contributed by atoms with Crippen LogP contribution in [0.5, 0.6) is 0 Å². The minimum atomic E-state index is -0.212.